The van der Waals surface area contributed by atoms with Crippen molar-refractivity contribution in [1.29, 1.82) is 0 Å². The number of carboxylic acids is 1. The molecule has 0 saturated heterocycles. The summed E-state index contributed by atoms with van der Waals surface area (Å²) in [6, 6.07) is -0.183. The van der Waals surface area contributed by atoms with Gasteiger partial charge in [-0.2, -0.15) is 11.8 Å². The Morgan fingerprint density at radius 2 is 2.11 bits per heavy atom. The number of aliphatic carboxylic acids is 1. The summed E-state index contributed by atoms with van der Waals surface area (Å²) in [5, 5.41) is 8.77. The number of hydrogen-bond acceptors (Lipinski definition) is 3. The summed E-state index contributed by atoms with van der Waals surface area (Å²) >= 11 is 1.73. The minimum Gasteiger partial charge on any atom is -0.480 e. The van der Waals surface area contributed by atoms with Crippen LogP contribution in [-0.4, -0.2) is 65.1 Å². The number of carbonyl (C=O) groups excluding carboxylic acids is 1. The van der Waals surface area contributed by atoms with Crippen molar-refractivity contribution in [3.63, 3.8) is 0 Å². The summed E-state index contributed by atoms with van der Waals surface area (Å²) in [6.45, 7) is 5.43. The van der Waals surface area contributed by atoms with E-state index in [1.54, 1.807) is 23.7 Å². The van der Waals surface area contributed by atoms with Crippen LogP contribution in [0.25, 0.3) is 0 Å². The number of urea groups is 1. The zero-order chi connectivity index (χ0) is 14.1. The second kappa shape index (κ2) is 8.85. The molecule has 0 aromatic carbocycles. The molecule has 0 aromatic rings. The number of thioether (sulfide) groups is 1. The number of rotatable bonds is 8. The Bertz CT molecular complexity index is 297. The van der Waals surface area contributed by atoms with Gasteiger partial charge in [0.1, 0.15) is 6.54 Å². The maximum Gasteiger partial charge on any atom is 0.323 e. The smallest absolute Gasteiger partial charge is 0.323 e. The Balaban J connectivity index is 4.53. The lowest BCUT2D eigenvalue weighted by molar-refractivity contribution is -0.137. The van der Waals surface area contributed by atoms with Gasteiger partial charge in [0.05, 0.1) is 0 Å². The Labute approximate surface area is 113 Å². The molecule has 0 radical (unpaired) electrons. The summed E-state index contributed by atoms with van der Waals surface area (Å²) in [7, 11) is 1.70. The van der Waals surface area contributed by atoms with Crippen molar-refractivity contribution < 1.29 is 14.7 Å². The highest BCUT2D eigenvalue weighted by atomic mass is 32.2. The van der Waals surface area contributed by atoms with E-state index >= 15 is 0 Å². The Morgan fingerprint density at radius 3 is 2.56 bits per heavy atom. The first kappa shape index (κ1) is 16.8. The lowest BCUT2D eigenvalue weighted by atomic mass is 10.2. The second-order valence-corrected chi connectivity index (χ2v) is 5.07. The van der Waals surface area contributed by atoms with Crippen LogP contribution in [0.3, 0.4) is 0 Å². The molecule has 104 valence electrons. The number of amides is 2. The molecule has 6 heteroatoms. The van der Waals surface area contributed by atoms with Crippen LogP contribution >= 0.6 is 11.8 Å². The number of hydrogen-bond donors (Lipinski definition) is 1. The molecule has 0 saturated carbocycles. The van der Waals surface area contributed by atoms with Crippen molar-refractivity contribution >= 4 is 23.8 Å². The van der Waals surface area contributed by atoms with Gasteiger partial charge in [-0.1, -0.05) is 6.08 Å². The molecule has 1 atom stereocenters. The van der Waals surface area contributed by atoms with Crippen LogP contribution in [0.15, 0.2) is 12.7 Å². The summed E-state index contributed by atoms with van der Waals surface area (Å²) in [4.78, 5) is 25.7. The van der Waals surface area contributed by atoms with Crippen molar-refractivity contribution in [2.45, 2.75) is 19.4 Å². The molecule has 1 N–H and O–H groups in total. The summed E-state index contributed by atoms with van der Waals surface area (Å²) in [6.07, 6.45) is 4.43. The van der Waals surface area contributed by atoms with E-state index < -0.39 is 5.97 Å². The monoisotopic (exact) mass is 274 g/mol. The summed E-state index contributed by atoms with van der Waals surface area (Å²) in [5.74, 6) is -0.0468. The largest absolute Gasteiger partial charge is 0.480 e. The minimum atomic E-state index is -1.02. The molecule has 0 spiro atoms. The first-order valence-electron chi connectivity index (χ1n) is 5.77. The fourth-order valence-electron chi connectivity index (χ4n) is 1.42. The van der Waals surface area contributed by atoms with Gasteiger partial charge in [-0.15, -0.1) is 6.58 Å². The normalized spacial score (nSPS) is 11.7. The van der Waals surface area contributed by atoms with E-state index in [1.165, 1.54) is 11.0 Å². The number of carbonyl (C=O) groups is 2. The molecule has 0 heterocycles. The van der Waals surface area contributed by atoms with E-state index in [0.717, 1.165) is 12.2 Å². The SMILES string of the molecule is C=CCN(CC(=O)O)C(=O)N(C)C(C)CCSC. The van der Waals surface area contributed by atoms with Gasteiger partial charge in [0.15, 0.2) is 0 Å². The predicted octanol–water partition coefficient (Wildman–Crippen LogP) is 1.75. The maximum atomic E-state index is 12.1. The van der Waals surface area contributed by atoms with Gasteiger partial charge in [-0.25, -0.2) is 4.79 Å². The molecule has 5 nitrogen and oxygen atoms in total. The van der Waals surface area contributed by atoms with Crippen molar-refractivity contribution in [1.82, 2.24) is 9.80 Å². The number of carboxylic acid groups (broad SMARTS) is 1. The Hall–Kier alpha value is -1.17. The fraction of sp³-hybridized carbons (Fsp3) is 0.667. The van der Waals surface area contributed by atoms with Crippen LogP contribution in [0.2, 0.25) is 0 Å². The Kier molecular flexibility index (Phi) is 8.28. The zero-order valence-electron chi connectivity index (χ0n) is 11.3. The predicted molar refractivity (Wildman–Crippen MR) is 75.0 cm³/mol. The third-order valence-electron chi connectivity index (χ3n) is 2.65. The first-order valence-corrected chi connectivity index (χ1v) is 7.16. The van der Waals surface area contributed by atoms with Gasteiger partial charge in [0.2, 0.25) is 0 Å². The van der Waals surface area contributed by atoms with E-state index in [9.17, 15) is 9.59 Å². The van der Waals surface area contributed by atoms with Crippen LogP contribution in [0.1, 0.15) is 13.3 Å². The topological polar surface area (TPSA) is 60.9 Å². The third-order valence-corrected chi connectivity index (χ3v) is 3.29. The quantitative estimate of drug-likeness (QED) is 0.685. The standard InChI is InChI=1S/C12H22N2O3S/c1-5-7-14(9-11(15)16)12(17)13(3)10(2)6-8-18-4/h5,10H,1,6-9H2,2-4H3,(H,15,16). The lowest BCUT2D eigenvalue weighted by Gasteiger charge is -2.30. The van der Waals surface area contributed by atoms with Gasteiger partial charge in [0.25, 0.3) is 0 Å². The molecule has 0 fully saturated rings. The molecule has 0 aliphatic carbocycles. The van der Waals surface area contributed by atoms with Crippen molar-refractivity contribution in [2.24, 2.45) is 0 Å². The molecule has 0 aliphatic heterocycles. The summed E-state index contributed by atoms with van der Waals surface area (Å²) in [5.41, 5.74) is 0. The zero-order valence-corrected chi connectivity index (χ0v) is 12.1. The summed E-state index contributed by atoms with van der Waals surface area (Å²) < 4.78 is 0. The highest BCUT2D eigenvalue weighted by Gasteiger charge is 2.22. The van der Waals surface area contributed by atoms with Gasteiger partial charge in [-0.05, 0) is 25.4 Å². The van der Waals surface area contributed by atoms with Gasteiger partial charge in [-0.3, -0.25) is 4.79 Å². The first-order chi connectivity index (χ1) is 8.43. The van der Waals surface area contributed by atoms with E-state index in [-0.39, 0.29) is 25.2 Å². The third kappa shape index (κ3) is 5.95. The molecular weight excluding hydrogens is 252 g/mol. The van der Waals surface area contributed by atoms with Crippen molar-refractivity contribution in [3.8, 4) is 0 Å². The molecule has 2 amide bonds. The van der Waals surface area contributed by atoms with E-state index in [4.69, 9.17) is 5.11 Å². The number of nitrogens with zero attached hydrogens (tertiary/aromatic N) is 2. The van der Waals surface area contributed by atoms with Crippen LogP contribution in [-0.2, 0) is 4.79 Å². The molecule has 0 aliphatic rings. The lowest BCUT2D eigenvalue weighted by Crippen LogP contribution is -2.47. The van der Waals surface area contributed by atoms with Crippen molar-refractivity contribution in [3.05, 3.63) is 12.7 Å². The fourth-order valence-corrected chi connectivity index (χ4v) is 2.00. The Morgan fingerprint density at radius 1 is 1.50 bits per heavy atom. The molecule has 1 unspecified atom stereocenters. The van der Waals surface area contributed by atoms with Crippen LogP contribution in [0.4, 0.5) is 4.79 Å². The molecule has 0 aromatic heterocycles. The van der Waals surface area contributed by atoms with Crippen LogP contribution < -0.4 is 0 Å². The van der Waals surface area contributed by atoms with Crippen LogP contribution in [0, 0.1) is 0 Å². The average Bonchev–Trinajstić information content (AvgIpc) is 2.33. The van der Waals surface area contributed by atoms with Gasteiger partial charge in [0, 0.05) is 19.6 Å². The molecular formula is C12H22N2O3S. The highest BCUT2D eigenvalue weighted by molar-refractivity contribution is 7.98. The molecule has 0 rings (SSSR count). The van der Waals surface area contributed by atoms with Gasteiger partial charge < -0.3 is 14.9 Å². The maximum absolute atomic E-state index is 12.1. The second-order valence-electron chi connectivity index (χ2n) is 4.09. The highest BCUT2D eigenvalue weighted by Crippen LogP contribution is 2.09. The van der Waals surface area contributed by atoms with Gasteiger partial charge >= 0.3 is 12.0 Å². The van der Waals surface area contributed by atoms with E-state index in [0.29, 0.717) is 0 Å². The minimum absolute atomic E-state index is 0.0889. The van der Waals surface area contributed by atoms with Crippen molar-refractivity contribution in [2.75, 3.05) is 32.1 Å². The molecule has 0 bridgehead atoms. The van der Waals surface area contributed by atoms with Crippen LogP contribution in [0.5, 0.6) is 0 Å². The van der Waals surface area contributed by atoms with E-state index in [1.807, 2.05) is 13.2 Å². The average molecular weight is 274 g/mol. The molecule has 18 heavy (non-hydrogen) atoms. The van der Waals surface area contributed by atoms with E-state index in [2.05, 4.69) is 6.58 Å².